The molecule has 10 heteroatoms. The molecule has 1 heterocycles. The topological polar surface area (TPSA) is 84.9 Å². The molecule has 0 unspecified atom stereocenters. The van der Waals surface area contributed by atoms with Crippen LogP contribution in [-0.2, 0) is 14.4 Å². The van der Waals surface area contributed by atoms with Crippen molar-refractivity contribution in [1.82, 2.24) is 4.90 Å². The number of ether oxygens (including phenoxy) is 2. The van der Waals surface area contributed by atoms with Gasteiger partial charge in [-0.1, -0.05) is 23.2 Å². The summed E-state index contributed by atoms with van der Waals surface area (Å²) in [6, 6.07) is 8.62. The van der Waals surface area contributed by atoms with Crippen LogP contribution in [0.5, 0.6) is 11.5 Å². The number of Topliss-reactive ketones (excluding diaryl/α,β-unsaturated/α-hetero) is 2. The molecule has 1 aliphatic heterocycles. The van der Waals surface area contributed by atoms with Gasteiger partial charge in [0.1, 0.15) is 0 Å². The highest BCUT2D eigenvalue weighted by Crippen LogP contribution is 2.50. The molecule has 0 atom stereocenters. The van der Waals surface area contributed by atoms with E-state index in [1.165, 1.54) is 0 Å². The Labute approximate surface area is 257 Å². The van der Waals surface area contributed by atoms with Crippen molar-refractivity contribution >= 4 is 69.0 Å². The second-order valence-electron chi connectivity index (χ2n) is 9.99. The third kappa shape index (κ3) is 5.63. The molecule has 0 saturated heterocycles. The number of ketones is 2. The molecular weight excluding hydrogens is 666 g/mol. The summed E-state index contributed by atoms with van der Waals surface area (Å²) < 4.78 is 12.6. The van der Waals surface area contributed by atoms with E-state index in [0.717, 1.165) is 57.4 Å². The number of carbonyl (C=O) groups excluding carboxylic acids is 3. The minimum atomic E-state index is -0.443. The number of nitrogens with one attached hydrogen (secondary N) is 1. The number of amides is 1. The van der Waals surface area contributed by atoms with E-state index in [9.17, 15) is 14.4 Å². The highest BCUT2D eigenvalue weighted by Gasteiger charge is 2.42. The first kappa shape index (κ1) is 29.0. The number of hydrogen-bond acceptors (Lipinski definition) is 6. The number of anilines is 1. The Kier molecular flexibility index (Phi) is 8.78. The van der Waals surface area contributed by atoms with Gasteiger partial charge in [0.25, 0.3) is 5.91 Å². The fraction of sp³-hybridized carbons (Fsp3) is 0.367. The van der Waals surface area contributed by atoms with Gasteiger partial charge in [-0.05, 0) is 91.1 Å². The number of rotatable bonds is 7. The molecule has 3 aliphatic rings. The maximum atomic E-state index is 13.3. The molecule has 2 aromatic carbocycles. The van der Waals surface area contributed by atoms with E-state index in [4.69, 9.17) is 32.7 Å². The van der Waals surface area contributed by atoms with E-state index in [1.807, 2.05) is 26.1 Å². The molecule has 0 spiro atoms. The summed E-state index contributed by atoms with van der Waals surface area (Å²) in [7, 11) is 1.98. The third-order valence-corrected chi connectivity index (χ3v) is 9.00. The van der Waals surface area contributed by atoms with Gasteiger partial charge in [-0.2, -0.15) is 0 Å². The number of benzene rings is 2. The molecule has 0 saturated carbocycles. The summed E-state index contributed by atoms with van der Waals surface area (Å²) in [6.07, 6.45) is 4.19. The largest absolute Gasteiger partial charge is 0.490 e. The molecule has 0 radical (unpaired) electrons. The highest BCUT2D eigenvalue weighted by molar-refractivity contribution is 14.1. The maximum absolute atomic E-state index is 13.3. The average Bonchev–Trinajstić information content (AvgIpc) is 2.91. The molecule has 1 N–H and O–H groups in total. The zero-order chi connectivity index (χ0) is 28.6. The predicted octanol–water partition coefficient (Wildman–Crippen LogP) is 7.06. The van der Waals surface area contributed by atoms with Crippen LogP contribution in [0.25, 0.3) is 0 Å². The summed E-state index contributed by atoms with van der Waals surface area (Å²) in [6.45, 7) is 1.98. The lowest BCUT2D eigenvalue weighted by atomic mass is 9.71. The van der Waals surface area contributed by atoms with Gasteiger partial charge in [0.2, 0.25) is 0 Å². The van der Waals surface area contributed by atoms with Crippen molar-refractivity contribution in [3.63, 3.8) is 0 Å². The molecule has 40 heavy (non-hydrogen) atoms. The Morgan fingerprint density at radius 3 is 2.23 bits per heavy atom. The Balaban J connectivity index is 1.48. The molecule has 7 nitrogen and oxygen atoms in total. The number of hydrogen-bond donors (Lipinski definition) is 1. The molecule has 0 bridgehead atoms. The maximum Gasteiger partial charge on any atom is 0.262 e. The normalized spacial score (nSPS) is 17.6. The zero-order valence-electron chi connectivity index (χ0n) is 22.2. The van der Waals surface area contributed by atoms with Gasteiger partial charge in [-0.25, -0.2) is 0 Å². The summed E-state index contributed by atoms with van der Waals surface area (Å²) in [5.41, 5.74) is 4.79. The van der Waals surface area contributed by atoms with Crippen LogP contribution in [0.1, 0.15) is 56.9 Å². The van der Waals surface area contributed by atoms with Crippen LogP contribution in [0, 0.1) is 3.57 Å². The van der Waals surface area contributed by atoms with Crippen molar-refractivity contribution in [2.45, 2.75) is 51.4 Å². The molecule has 210 valence electrons. The van der Waals surface area contributed by atoms with Gasteiger partial charge in [-0.15, -0.1) is 0 Å². The van der Waals surface area contributed by atoms with Crippen molar-refractivity contribution in [3.8, 4) is 11.5 Å². The molecule has 1 amide bonds. The zero-order valence-corrected chi connectivity index (χ0v) is 25.9. The van der Waals surface area contributed by atoms with Crippen LogP contribution in [0.3, 0.4) is 0 Å². The van der Waals surface area contributed by atoms with Crippen molar-refractivity contribution in [3.05, 3.63) is 72.1 Å². The average molecular weight is 695 g/mol. The lowest BCUT2D eigenvalue weighted by molar-refractivity contribution is -0.118. The Morgan fingerprint density at radius 1 is 0.975 bits per heavy atom. The van der Waals surface area contributed by atoms with Gasteiger partial charge in [0.15, 0.2) is 29.7 Å². The van der Waals surface area contributed by atoms with Gasteiger partial charge in [0.05, 0.1) is 20.2 Å². The first-order chi connectivity index (χ1) is 19.2. The van der Waals surface area contributed by atoms with Crippen LogP contribution in [0.2, 0.25) is 10.0 Å². The lowest BCUT2D eigenvalue weighted by Gasteiger charge is -2.42. The Morgan fingerprint density at radius 2 is 1.62 bits per heavy atom. The number of nitrogens with zero attached hydrogens (tertiary/aromatic N) is 1. The summed E-state index contributed by atoms with van der Waals surface area (Å²) in [5.74, 6) is 0.256. The third-order valence-electron chi connectivity index (χ3n) is 7.46. The van der Waals surface area contributed by atoms with Gasteiger partial charge in [0, 0.05) is 54.0 Å². The van der Waals surface area contributed by atoms with Crippen LogP contribution in [0.15, 0.2) is 52.9 Å². The monoisotopic (exact) mass is 694 g/mol. The number of carbonyl (C=O) groups is 3. The first-order valence-electron chi connectivity index (χ1n) is 13.3. The lowest BCUT2D eigenvalue weighted by Crippen LogP contribution is -2.37. The SMILES string of the molecule is CCOc1cc(C2C3=C(CCCC3=O)N(C)C3=C2C(=O)CCC3)cc(I)c1OCC(=O)Nc1ccc(Cl)c(Cl)c1. The van der Waals surface area contributed by atoms with Crippen molar-refractivity contribution in [2.75, 3.05) is 25.6 Å². The summed E-state index contributed by atoms with van der Waals surface area (Å²) >= 11 is 14.2. The Hall–Kier alpha value is -2.56. The van der Waals surface area contributed by atoms with Gasteiger partial charge < -0.3 is 19.7 Å². The molecule has 5 rings (SSSR count). The van der Waals surface area contributed by atoms with Crippen molar-refractivity contribution < 1.29 is 23.9 Å². The van der Waals surface area contributed by atoms with E-state index < -0.39 is 5.92 Å². The molecule has 2 aromatic rings. The van der Waals surface area contributed by atoms with Crippen LogP contribution in [-0.4, -0.2) is 42.6 Å². The second-order valence-corrected chi connectivity index (χ2v) is 12.0. The molecule has 2 aliphatic carbocycles. The highest BCUT2D eigenvalue weighted by atomic mass is 127. The summed E-state index contributed by atoms with van der Waals surface area (Å²) in [5, 5.41) is 3.48. The smallest absolute Gasteiger partial charge is 0.262 e. The first-order valence-corrected chi connectivity index (χ1v) is 15.1. The standard InChI is InChI=1S/C30H29Cl2IN2O5/c1-3-39-25-13-16(12-20(33)30(25)40-15-26(38)34-17-10-11-18(31)19(32)14-17)27-28-21(6-4-8-23(28)36)35(2)22-7-5-9-24(37)29(22)27/h10-14,27H,3-9,15H2,1-2H3,(H,34,38). The summed E-state index contributed by atoms with van der Waals surface area (Å²) in [4.78, 5) is 41.4. The van der Waals surface area contributed by atoms with E-state index in [2.05, 4.69) is 32.8 Å². The van der Waals surface area contributed by atoms with Crippen molar-refractivity contribution in [2.24, 2.45) is 0 Å². The van der Waals surface area contributed by atoms with Crippen molar-refractivity contribution in [1.29, 1.82) is 0 Å². The minimum Gasteiger partial charge on any atom is -0.490 e. The predicted molar refractivity (Wildman–Crippen MR) is 163 cm³/mol. The fourth-order valence-corrected chi connectivity index (χ4v) is 6.83. The van der Waals surface area contributed by atoms with Gasteiger partial charge in [-0.3, -0.25) is 14.4 Å². The van der Waals surface area contributed by atoms with Gasteiger partial charge >= 0.3 is 0 Å². The minimum absolute atomic E-state index is 0.0929. The van der Waals surface area contributed by atoms with E-state index >= 15 is 0 Å². The second kappa shape index (κ2) is 12.1. The molecule has 0 aromatic heterocycles. The van der Waals surface area contributed by atoms with E-state index in [-0.39, 0.29) is 24.1 Å². The number of halogens is 3. The quantitative estimate of drug-likeness (QED) is 0.313. The number of allylic oxidation sites excluding steroid dienone is 4. The van der Waals surface area contributed by atoms with Crippen LogP contribution < -0.4 is 14.8 Å². The molecular formula is C30H29Cl2IN2O5. The van der Waals surface area contributed by atoms with Crippen LogP contribution in [0.4, 0.5) is 5.69 Å². The molecule has 0 fully saturated rings. The van der Waals surface area contributed by atoms with E-state index in [1.54, 1.807) is 18.2 Å². The Bertz CT molecular complexity index is 1420. The van der Waals surface area contributed by atoms with Crippen LogP contribution >= 0.6 is 45.8 Å². The van der Waals surface area contributed by atoms with E-state index in [0.29, 0.717) is 46.7 Å². The fourth-order valence-electron chi connectivity index (χ4n) is 5.75.